The van der Waals surface area contributed by atoms with Gasteiger partial charge in [0.25, 0.3) is 0 Å². The molecule has 1 aliphatic rings. The van der Waals surface area contributed by atoms with Crippen molar-refractivity contribution in [3.8, 4) is 0 Å². The topological polar surface area (TPSA) is 38.3 Å². The number of para-hydroxylation sites is 1. The van der Waals surface area contributed by atoms with E-state index in [1.54, 1.807) is 11.8 Å². The fraction of sp³-hybridized carbons (Fsp3) is 0.350. The van der Waals surface area contributed by atoms with Gasteiger partial charge in [-0.05, 0) is 37.6 Å². The van der Waals surface area contributed by atoms with Gasteiger partial charge in [0.2, 0.25) is 0 Å². The number of alkyl halides is 1. The van der Waals surface area contributed by atoms with Gasteiger partial charge in [-0.2, -0.15) is 0 Å². The molecule has 5 heteroatoms. The van der Waals surface area contributed by atoms with Crippen molar-refractivity contribution in [3.05, 3.63) is 65.2 Å². The number of hydrogen-bond donors (Lipinski definition) is 1. The number of carbonyl (C=O) groups is 1. The number of carbonyl (C=O) groups excluding carboxylic acids is 1. The third kappa shape index (κ3) is 4.13. The molecule has 0 fully saturated rings. The Hall–Kier alpha value is -1.65. The SMILES string of the molecule is Cc1ccc(C(=O)O[C@H]2[C@H](C)Nc3ccccc3[C@@H]2SCCCl)cc1. The largest absolute Gasteiger partial charge is 0.455 e. The lowest BCUT2D eigenvalue weighted by molar-refractivity contribution is 0.0252. The lowest BCUT2D eigenvalue weighted by atomic mass is 9.95. The number of anilines is 1. The van der Waals surface area contributed by atoms with Crippen LogP contribution in [0.4, 0.5) is 5.69 Å². The van der Waals surface area contributed by atoms with Gasteiger partial charge in [0.15, 0.2) is 0 Å². The third-order valence-electron chi connectivity index (χ3n) is 4.35. The molecule has 2 aromatic carbocycles. The molecular weight excluding hydrogens is 354 g/mol. The number of nitrogens with one attached hydrogen (secondary N) is 1. The van der Waals surface area contributed by atoms with Crippen LogP contribution in [0.5, 0.6) is 0 Å². The highest BCUT2D eigenvalue weighted by Crippen LogP contribution is 2.43. The van der Waals surface area contributed by atoms with Crippen LogP contribution >= 0.6 is 23.4 Å². The van der Waals surface area contributed by atoms with Gasteiger partial charge in [-0.15, -0.1) is 23.4 Å². The number of benzene rings is 2. The summed E-state index contributed by atoms with van der Waals surface area (Å²) in [6.45, 7) is 4.05. The number of esters is 1. The Bertz CT molecular complexity index is 735. The summed E-state index contributed by atoms with van der Waals surface area (Å²) < 4.78 is 5.93. The molecule has 0 spiro atoms. The molecule has 0 unspecified atom stereocenters. The van der Waals surface area contributed by atoms with E-state index >= 15 is 0 Å². The molecule has 1 N–H and O–H groups in total. The van der Waals surface area contributed by atoms with Crippen LogP contribution in [-0.4, -0.2) is 29.7 Å². The van der Waals surface area contributed by atoms with Gasteiger partial charge in [0.05, 0.1) is 16.9 Å². The number of rotatable bonds is 5. The molecule has 0 saturated carbocycles. The van der Waals surface area contributed by atoms with Gasteiger partial charge < -0.3 is 10.1 Å². The van der Waals surface area contributed by atoms with E-state index in [4.69, 9.17) is 16.3 Å². The van der Waals surface area contributed by atoms with E-state index in [-0.39, 0.29) is 23.4 Å². The Labute approximate surface area is 158 Å². The second kappa shape index (κ2) is 8.15. The standard InChI is InChI=1S/C20H22ClNO2S/c1-13-7-9-15(10-8-13)20(23)24-18-14(2)22-17-6-4-3-5-16(17)19(18)25-12-11-21/h3-10,14,18-19,22H,11-12H2,1-2H3/t14-,18-,19-/m0/s1. The Morgan fingerprint density at radius 3 is 2.64 bits per heavy atom. The number of thioether (sulfide) groups is 1. The highest BCUT2D eigenvalue weighted by molar-refractivity contribution is 7.99. The van der Waals surface area contributed by atoms with Gasteiger partial charge in [-0.1, -0.05) is 35.9 Å². The normalized spacial score (nSPS) is 22.0. The molecule has 0 radical (unpaired) electrons. The summed E-state index contributed by atoms with van der Waals surface area (Å²) in [6.07, 6.45) is -0.253. The highest BCUT2D eigenvalue weighted by Gasteiger charge is 2.37. The van der Waals surface area contributed by atoms with Crippen LogP contribution in [-0.2, 0) is 4.74 Å². The Balaban J connectivity index is 1.84. The Morgan fingerprint density at radius 2 is 1.92 bits per heavy atom. The predicted octanol–water partition coefficient (Wildman–Crippen LogP) is 5.05. The van der Waals surface area contributed by atoms with Crippen molar-refractivity contribution in [2.24, 2.45) is 0 Å². The van der Waals surface area contributed by atoms with Gasteiger partial charge in [0, 0.05) is 17.3 Å². The predicted molar refractivity (Wildman–Crippen MR) is 106 cm³/mol. The van der Waals surface area contributed by atoms with Crippen molar-refractivity contribution in [1.82, 2.24) is 0 Å². The van der Waals surface area contributed by atoms with Crippen LogP contribution in [0.15, 0.2) is 48.5 Å². The van der Waals surface area contributed by atoms with E-state index in [2.05, 4.69) is 24.4 Å². The Kier molecular flexibility index (Phi) is 5.92. The summed E-state index contributed by atoms with van der Waals surface area (Å²) in [5.74, 6) is 1.10. The molecule has 0 aliphatic carbocycles. The Morgan fingerprint density at radius 1 is 1.20 bits per heavy atom. The molecule has 0 amide bonds. The first-order chi connectivity index (χ1) is 12.1. The van der Waals surface area contributed by atoms with Crippen LogP contribution < -0.4 is 5.32 Å². The molecule has 3 atom stereocenters. The summed E-state index contributed by atoms with van der Waals surface area (Å²) in [5.41, 5.74) is 3.97. The average molecular weight is 376 g/mol. The van der Waals surface area contributed by atoms with Gasteiger partial charge in [0.1, 0.15) is 6.10 Å². The third-order valence-corrected chi connectivity index (χ3v) is 6.08. The van der Waals surface area contributed by atoms with Crippen molar-refractivity contribution in [2.45, 2.75) is 31.2 Å². The van der Waals surface area contributed by atoms with Crippen LogP contribution in [0.2, 0.25) is 0 Å². The smallest absolute Gasteiger partial charge is 0.338 e. The second-order valence-corrected chi connectivity index (χ2v) is 7.86. The van der Waals surface area contributed by atoms with E-state index in [0.29, 0.717) is 11.4 Å². The van der Waals surface area contributed by atoms with Crippen molar-refractivity contribution in [3.63, 3.8) is 0 Å². The lowest BCUT2D eigenvalue weighted by Crippen LogP contribution is -2.42. The van der Waals surface area contributed by atoms with Crippen LogP contribution in [0.25, 0.3) is 0 Å². The molecular formula is C20H22ClNO2S. The average Bonchev–Trinajstić information content (AvgIpc) is 2.62. The van der Waals surface area contributed by atoms with E-state index < -0.39 is 0 Å². The van der Waals surface area contributed by atoms with Crippen molar-refractivity contribution in [2.75, 3.05) is 16.9 Å². The van der Waals surface area contributed by atoms with Crippen LogP contribution in [0.1, 0.15) is 33.7 Å². The van der Waals surface area contributed by atoms with E-state index in [0.717, 1.165) is 22.6 Å². The summed E-state index contributed by atoms with van der Waals surface area (Å²) >= 11 is 7.65. The molecule has 3 rings (SSSR count). The molecule has 0 saturated heterocycles. The number of aryl methyl sites for hydroxylation is 1. The molecule has 25 heavy (non-hydrogen) atoms. The zero-order valence-electron chi connectivity index (χ0n) is 14.4. The molecule has 132 valence electrons. The van der Waals surface area contributed by atoms with E-state index in [1.165, 1.54) is 0 Å². The molecule has 0 bridgehead atoms. The minimum atomic E-state index is -0.283. The van der Waals surface area contributed by atoms with Gasteiger partial charge >= 0.3 is 5.97 Å². The van der Waals surface area contributed by atoms with E-state index in [9.17, 15) is 4.79 Å². The summed E-state index contributed by atoms with van der Waals surface area (Å²) in [5, 5.41) is 3.53. The quantitative estimate of drug-likeness (QED) is 0.586. The number of fused-ring (bicyclic) bond motifs is 1. The fourth-order valence-electron chi connectivity index (χ4n) is 3.04. The van der Waals surface area contributed by atoms with E-state index in [1.807, 2.05) is 43.3 Å². The van der Waals surface area contributed by atoms with Crippen molar-refractivity contribution >= 4 is 35.0 Å². The highest BCUT2D eigenvalue weighted by atomic mass is 35.5. The molecule has 3 nitrogen and oxygen atoms in total. The minimum absolute atomic E-state index is 0.0251. The van der Waals surface area contributed by atoms with Crippen molar-refractivity contribution < 1.29 is 9.53 Å². The zero-order chi connectivity index (χ0) is 17.8. The first-order valence-electron chi connectivity index (χ1n) is 8.41. The summed E-state index contributed by atoms with van der Waals surface area (Å²) in [6, 6.07) is 15.7. The van der Waals surface area contributed by atoms with Gasteiger partial charge in [-0.3, -0.25) is 0 Å². The van der Waals surface area contributed by atoms with Crippen LogP contribution in [0.3, 0.4) is 0 Å². The number of hydrogen-bond acceptors (Lipinski definition) is 4. The molecule has 1 heterocycles. The molecule has 2 aromatic rings. The van der Waals surface area contributed by atoms with Crippen LogP contribution in [0, 0.1) is 6.92 Å². The maximum absolute atomic E-state index is 12.6. The maximum Gasteiger partial charge on any atom is 0.338 e. The fourth-order valence-corrected chi connectivity index (χ4v) is 4.52. The number of ether oxygens (including phenoxy) is 1. The first-order valence-corrected chi connectivity index (χ1v) is 9.99. The minimum Gasteiger partial charge on any atom is -0.455 e. The zero-order valence-corrected chi connectivity index (χ0v) is 15.9. The summed E-state index contributed by atoms with van der Waals surface area (Å²) in [4.78, 5) is 12.6. The van der Waals surface area contributed by atoms with Crippen molar-refractivity contribution in [1.29, 1.82) is 0 Å². The summed E-state index contributed by atoms with van der Waals surface area (Å²) in [7, 11) is 0. The van der Waals surface area contributed by atoms with Gasteiger partial charge in [-0.25, -0.2) is 4.79 Å². The lowest BCUT2D eigenvalue weighted by Gasteiger charge is -2.38. The molecule has 1 aliphatic heterocycles. The maximum atomic E-state index is 12.6. The first kappa shape index (κ1) is 18.2. The monoisotopic (exact) mass is 375 g/mol. The second-order valence-electron chi connectivity index (χ2n) is 6.24. The number of halogens is 1. The molecule has 0 aromatic heterocycles.